The molecular weight excluding hydrogens is 126 g/mol. The number of ether oxygens (including phenoxy) is 1. The van der Waals surface area contributed by atoms with Crippen molar-refractivity contribution < 1.29 is 4.74 Å². The lowest BCUT2D eigenvalue weighted by Crippen LogP contribution is -2.30. The van der Waals surface area contributed by atoms with Gasteiger partial charge in [0.05, 0.1) is 6.10 Å². The first-order valence-corrected chi connectivity index (χ1v) is 4.18. The van der Waals surface area contributed by atoms with Gasteiger partial charge in [-0.2, -0.15) is 0 Å². The summed E-state index contributed by atoms with van der Waals surface area (Å²) < 4.78 is 5.56. The second-order valence-electron chi connectivity index (χ2n) is 3.00. The van der Waals surface area contributed by atoms with Gasteiger partial charge in [-0.3, -0.25) is 0 Å². The van der Waals surface area contributed by atoms with Crippen molar-refractivity contribution >= 4 is 0 Å². The molecule has 0 aliphatic carbocycles. The highest BCUT2D eigenvalue weighted by Gasteiger charge is 2.12. The number of nitrogens with one attached hydrogen (secondary N) is 1. The van der Waals surface area contributed by atoms with Gasteiger partial charge in [0.15, 0.2) is 0 Å². The van der Waals surface area contributed by atoms with Crippen LogP contribution in [0.4, 0.5) is 0 Å². The van der Waals surface area contributed by atoms with Crippen molar-refractivity contribution in [3.63, 3.8) is 0 Å². The van der Waals surface area contributed by atoms with Crippen LogP contribution in [0.2, 0.25) is 0 Å². The highest BCUT2D eigenvalue weighted by molar-refractivity contribution is 4.69. The van der Waals surface area contributed by atoms with E-state index in [1.165, 1.54) is 0 Å². The van der Waals surface area contributed by atoms with E-state index in [2.05, 4.69) is 19.2 Å². The quantitative estimate of drug-likeness (QED) is 0.595. The van der Waals surface area contributed by atoms with Gasteiger partial charge in [0.25, 0.3) is 0 Å². The molecule has 0 bridgehead atoms. The Hall–Kier alpha value is -0.0800. The van der Waals surface area contributed by atoms with Gasteiger partial charge in [0.1, 0.15) is 0 Å². The smallest absolute Gasteiger partial charge is 0.0696 e. The zero-order chi connectivity index (χ0) is 7.40. The molecule has 1 aliphatic heterocycles. The Labute approximate surface area is 63.0 Å². The summed E-state index contributed by atoms with van der Waals surface area (Å²) in [4.78, 5) is 0. The van der Waals surface area contributed by atoms with Crippen molar-refractivity contribution in [2.45, 2.75) is 38.8 Å². The lowest BCUT2D eigenvalue weighted by molar-refractivity contribution is 0.0643. The fourth-order valence-corrected chi connectivity index (χ4v) is 1.17. The third-order valence-electron chi connectivity index (χ3n) is 2.05. The molecule has 60 valence electrons. The number of hydrogen-bond donors (Lipinski definition) is 1. The highest BCUT2D eigenvalue weighted by Crippen LogP contribution is 2.04. The van der Waals surface area contributed by atoms with Gasteiger partial charge < -0.3 is 10.1 Å². The van der Waals surface area contributed by atoms with Crippen LogP contribution in [-0.4, -0.2) is 25.3 Å². The third-order valence-corrected chi connectivity index (χ3v) is 2.05. The monoisotopic (exact) mass is 143 g/mol. The molecule has 0 saturated carbocycles. The minimum atomic E-state index is 0.449. The molecule has 1 fully saturated rings. The van der Waals surface area contributed by atoms with Crippen molar-refractivity contribution in [2.24, 2.45) is 0 Å². The van der Waals surface area contributed by atoms with E-state index in [0.29, 0.717) is 12.1 Å². The standard InChI is InChI=1S/C8H17NO/c1-3-8-6-9-7(2)4-5-10-8/h7-9H,3-6H2,1-2H3. The van der Waals surface area contributed by atoms with Crippen LogP contribution in [-0.2, 0) is 4.74 Å². The van der Waals surface area contributed by atoms with Crippen molar-refractivity contribution in [2.75, 3.05) is 13.2 Å². The molecule has 1 saturated heterocycles. The van der Waals surface area contributed by atoms with Crippen LogP contribution < -0.4 is 5.32 Å². The fraction of sp³-hybridized carbons (Fsp3) is 1.00. The SMILES string of the molecule is CCC1CNC(C)CCO1. The van der Waals surface area contributed by atoms with Crippen LogP contribution in [0.15, 0.2) is 0 Å². The Kier molecular flexibility index (Phi) is 3.16. The van der Waals surface area contributed by atoms with Crippen LogP contribution in [0.3, 0.4) is 0 Å². The van der Waals surface area contributed by atoms with E-state index in [1.54, 1.807) is 0 Å². The van der Waals surface area contributed by atoms with Crippen LogP contribution in [0.5, 0.6) is 0 Å². The van der Waals surface area contributed by atoms with Gasteiger partial charge in [-0.25, -0.2) is 0 Å². The maximum Gasteiger partial charge on any atom is 0.0696 e. The van der Waals surface area contributed by atoms with Gasteiger partial charge in [0, 0.05) is 19.2 Å². The van der Waals surface area contributed by atoms with E-state index in [9.17, 15) is 0 Å². The topological polar surface area (TPSA) is 21.3 Å². The Morgan fingerprint density at radius 2 is 2.40 bits per heavy atom. The summed E-state index contributed by atoms with van der Waals surface area (Å²) in [6.07, 6.45) is 2.72. The van der Waals surface area contributed by atoms with Crippen LogP contribution in [0.1, 0.15) is 26.7 Å². The molecule has 2 unspecified atom stereocenters. The highest BCUT2D eigenvalue weighted by atomic mass is 16.5. The van der Waals surface area contributed by atoms with E-state index in [1.807, 2.05) is 0 Å². The second kappa shape index (κ2) is 3.94. The fourth-order valence-electron chi connectivity index (χ4n) is 1.17. The van der Waals surface area contributed by atoms with Crippen molar-refractivity contribution in [1.29, 1.82) is 0 Å². The molecule has 0 aromatic heterocycles. The predicted octanol–water partition coefficient (Wildman–Crippen LogP) is 1.16. The van der Waals surface area contributed by atoms with Crippen molar-refractivity contribution in [1.82, 2.24) is 5.32 Å². The Morgan fingerprint density at radius 1 is 1.60 bits per heavy atom. The summed E-state index contributed by atoms with van der Waals surface area (Å²) in [5.74, 6) is 0. The minimum absolute atomic E-state index is 0.449. The molecule has 0 amide bonds. The zero-order valence-electron chi connectivity index (χ0n) is 6.89. The second-order valence-corrected chi connectivity index (χ2v) is 3.00. The maximum absolute atomic E-state index is 5.56. The molecule has 1 N–H and O–H groups in total. The largest absolute Gasteiger partial charge is 0.377 e. The Bertz CT molecular complexity index is 95.3. The van der Waals surface area contributed by atoms with Crippen molar-refractivity contribution in [3.05, 3.63) is 0 Å². The van der Waals surface area contributed by atoms with Gasteiger partial charge in [-0.1, -0.05) is 6.92 Å². The normalized spacial score (nSPS) is 35.4. The summed E-state index contributed by atoms with van der Waals surface area (Å²) in [6.45, 7) is 6.33. The summed E-state index contributed by atoms with van der Waals surface area (Å²) in [5, 5.41) is 3.42. The molecule has 2 heteroatoms. The number of rotatable bonds is 1. The molecule has 0 spiro atoms. The van der Waals surface area contributed by atoms with Gasteiger partial charge in [0.2, 0.25) is 0 Å². The first-order chi connectivity index (χ1) is 4.83. The van der Waals surface area contributed by atoms with E-state index < -0.39 is 0 Å². The molecule has 10 heavy (non-hydrogen) atoms. The molecular formula is C8H17NO. The van der Waals surface area contributed by atoms with Crippen LogP contribution in [0, 0.1) is 0 Å². The van der Waals surface area contributed by atoms with Crippen LogP contribution in [0.25, 0.3) is 0 Å². The Balaban J connectivity index is 2.26. The van der Waals surface area contributed by atoms with Gasteiger partial charge in [-0.15, -0.1) is 0 Å². The minimum Gasteiger partial charge on any atom is -0.377 e. The average molecular weight is 143 g/mol. The summed E-state index contributed by atoms with van der Waals surface area (Å²) in [5.41, 5.74) is 0. The summed E-state index contributed by atoms with van der Waals surface area (Å²) in [7, 11) is 0. The lowest BCUT2D eigenvalue weighted by Gasteiger charge is -2.11. The first kappa shape index (κ1) is 8.02. The average Bonchev–Trinajstić information content (AvgIpc) is 2.14. The molecule has 1 rings (SSSR count). The first-order valence-electron chi connectivity index (χ1n) is 4.18. The van der Waals surface area contributed by atoms with Gasteiger partial charge >= 0.3 is 0 Å². The van der Waals surface area contributed by atoms with Crippen molar-refractivity contribution in [3.8, 4) is 0 Å². The molecule has 1 aliphatic rings. The Morgan fingerprint density at radius 3 is 3.10 bits per heavy atom. The molecule has 0 aromatic rings. The summed E-state index contributed by atoms with van der Waals surface area (Å²) in [6, 6.07) is 0.636. The molecule has 0 radical (unpaired) electrons. The maximum atomic E-state index is 5.56. The zero-order valence-corrected chi connectivity index (χ0v) is 6.89. The summed E-state index contributed by atoms with van der Waals surface area (Å²) >= 11 is 0. The molecule has 1 heterocycles. The van der Waals surface area contributed by atoms with Gasteiger partial charge in [-0.05, 0) is 19.8 Å². The van der Waals surface area contributed by atoms with Crippen LogP contribution >= 0.6 is 0 Å². The molecule has 2 atom stereocenters. The van der Waals surface area contributed by atoms with E-state index >= 15 is 0 Å². The third kappa shape index (κ3) is 2.27. The molecule has 0 aromatic carbocycles. The number of hydrogen-bond acceptors (Lipinski definition) is 2. The van der Waals surface area contributed by atoms with E-state index in [0.717, 1.165) is 26.0 Å². The van der Waals surface area contributed by atoms with E-state index in [-0.39, 0.29) is 0 Å². The predicted molar refractivity (Wildman–Crippen MR) is 42.1 cm³/mol. The lowest BCUT2D eigenvalue weighted by atomic mass is 10.2. The van der Waals surface area contributed by atoms with E-state index in [4.69, 9.17) is 4.74 Å². The molecule has 2 nitrogen and oxygen atoms in total.